The fraction of sp³-hybridized carbons (Fsp3) is 0.200. The quantitative estimate of drug-likeness (QED) is 0.676. The molecule has 7 nitrogen and oxygen atoms in total. The lowest BCUT2D eigenvalue weighted by atomic mass is 10.3. The van der Waals surface area contributed by atoms with E-state index in [1.54, 1.807) is 6.92 Å². The van der Waals surface area contributed by atoms with Crippen LogP contribution in [-0.2, 0) is 16.1 Å². The number of amides is 1. The average molecular weight is 349 g/mol. The lowest BCUT2D eigenvalue weighted by Gasteiger charge is -2.03. The predicted octanol–water partition coefficient (Wildman–Crippen LogP) is 2.05. The largest absolute Gasteiger partial charge is 0.468 e. The zero-order valence-electron chi connectivity index (χ0n) is 12.8. The van der Waals surface area contributed by atoms with Crippen molar-refractivity contribution >= 4 is 33.4 Å². The third kappa shape index (κ3) is 3.11. The second-order valence-electron chi connectivity index (χ2n) is 4.90. The van der Waals surface area contributed by atoms with E-state index in [0.717, 1.165) is 11.3 Å². The van der Waals surface area contributed by atoms with Gasteiger partial charge >= 0.3 is 11.9 Å². The summed E-state index contributed by atoms with van der Waals surface area (Å²) in [6.45, 7) is 1.51. The Bertz CT molecular complexity index is 1000. The molecule has 0 aliphatic rings. The molecule has 3 rings (SSSR count). The number of nitrogens with zero attached hydrogens (tertiary/aromatic N) is 3. The number of carbonyl (C=O) groups excluding carboxylic acids is 2. The summed E-state index contributed by atoms with van der Waals surface area (Å²) >= 11 is 1.09. The van der Waals surface area contributed by atoms with Crippen LogP contribution in [0.15, 0.2) is 33.8 Å². The number of ether oxygens (including phenoxy) is 1. The Kier molecular flexibility index (Phi) is 4.26. The molecule has 0 saturated carbocycles. The highest BCUT2D eigenvalue weighted by Crippen LogP contribution is 2.19. The number of aromatic nitrogens is 2. The standard InChI is InChI=1S/C15H12FN3O4S/c1-8-5-10(18-23-8)14(21)17-15-19(7-13(20)22-2)11-4-3-9(16)6-12(11)24-15/h3-6H,7H2,1-2H3. The van der Waals surface area contributed by atoms with Gasteiger partial charge in [-0.1, -0.05) is 16.5 Å². The summed E-state index contributed by atoms with van der Waals surface area (Å²) in [6.07, 6.45) is 0. The van der Waals surface area contributed by atoms with Crippen LogP contribution in [0.4, 0.5) is 4.39 Å². The van der Waals surface area contributed by atoms with Crippen molar-refractivity contribution in [1.29, 1.82) is 0 Å². The van der Waals surface area contributed by atoms with Crippen molar-refractivity contribution in [2.75, 3.05) is 7.11 Å². The van der Waals surface area contributed by atoms with Gasteiger partial charge in [-0.05, 0) is 25.1 Å². The van der Waals surface area contributed by atoms with E-state index in [2.05, 4.69) is 14.9 Å². The first kappa shape index (κ1) is 16.1. The number of fused-ring (bicyclic) bond motifs is 1. The fourth-order valence-electron chi connectivity index (χ4n) is 2.09. The molecule has 0 bridgehead atoms. The summed E-state index contributed by atoms with van der Waals surface area (Å²) in [7, 11) is 1.26. The Morgan fingerprint density at radius 3 is 2.88 bits per heavy atom. The third-order valence-corrected chi connectivity index (χ3v) is 4.25. The SMILES string of the molecule is COC(=O)Cn1c(=NC(=O)c2cc(C)on2)sc2cc(F)ccc21. The maximum Gasteiger partial charge on any atom is 0.325 e. The highest BCUT2D eigenvalue weighted by Gasteiger charge is 2.14. The molecule has 0 unspecified atom stereocenters. The first-order valence-corrected chi connectivity index (χ1v) is 7.67. The maximum atomic E-state index is 13.4. The third-order valence-electron chi connectivity index (χ3n) is 3.20. The van der Waals surface area contributed by atoms with Crippen molar-refractivity contribution in [3.05, 3.63) is 46.3 Å². The van der Waals surface area contributed by atoms with Gasteiger partial charge in [-0.3, -0.25) is 9.59 Å². The smallest absolute Gasteiger partial charge is 0.325 e. The molecule has 124 valence electrons. The summed E-state index contributed by atoms with van der Waals surface area (Å²) in [5, 5.41) is 3.61. The average Bonchev–Trinajstić information content (AvgIpc) is 3.11. The van der Waals surface area contributed by atoms with Crippen molar-refractivity contribution in [1.82, 2.24) is 9.72 Å². The molecule has 2 aromatic heterocycles. The van der Waals surface area contributed by atoms with Crippen LogP contribution in [0.3, 0.4) is 0 Å². The van der Waals surface area contributed by atoms with Gasteiger partial charge in [-0.15, -0.1) is 0 Å². The van der Waals surface area contributed by atoms with E-state index < -0.39 is 17.7 Å². The number of esters is 1. The van der Waals surface area contributed by atoms with E-state index in [-0.39, 0.29) is 17.0 Å². The molecule has 1 amide bonds. The van der Waals surface area contributed by atoms with Gasteiger partial charge in [0, 0.05) is 6.07 Å². The molecule has 0 fully saturated rings. The minimum Gasteiger partial charge on any atom is -0.468 e. The molecule has 9 heteroatoms. The molecule has 0 spiro atoms. The van der Waals surface area contributed by atoms with Gasteiger partial charge in [0.15, 0.2) is 10.5 Å². The molecule has 0 aliphatic carbocycles. The number of carbonyl (C=O) groups is 2. The fourth-order valence-corrected chi connectivity index (χ4v) is 3.14. The number of rotatable bonds is 3. The Balaban J connectivity index is 2.14. The molecule has 1 aromatic carbocycles. The number of hydrogen-bond acceptors (Lipinski definition) is 6. The first-order valence-electron chi connectivity index (χ1n) is 6.86. The monoisotopic (exact) mass is 349 g/mol. The summed E-state index contributed by atoms with van der Waals surface area (Å²) in [6, 6.07) is 5.57. The van der Waals surface area contributed by atoms with Gasteiger partial charge in [-0.25, -0.2) is 4.39 Å². The lowest BCUT2D eigenvalue weighted by Crippen LogP contribution is -2.22. The van der Waals surface area contributed by atoms with Gasteiger partial charge in [-0.2, -0.15) is 4.99 Å². The van der Waals surface area contributed by atoms with Gasteiger partial charge < -0.3 is 13.8 Å². The molecular formula is C15H12FN3O4S. The summed E-state index contributed by atoms with van der Waals surface area (Å²) < 4.78 is 25.0. The van der Waals surface area contributed by atoms with Crippen LogP contribution >= 0.6 is 11.3 Å². The Morgan fingerprint density at radius 2 is 2.21 bits per heavy atom. The van der Waals surface area contributed by atoms with Crippen LogP contribution in [0.2, 0.25) is 0 Å². The molecule has 0 N–H and O–H groups in total. The van der Waals surface area contributed by atoms with E-state index >= 15 is 0 Å². The van der Waals surface area contributed by atoms with Gasteiger partial charge in [0.1, 0.15) is 18.1 Å². The molecule has 2 heterocycles. The van der Waals surface area contributed by atoms with Gasteiger partial charge in [0.25, 0.3) is 0 Å². The van der Waals surface area contributed by atoms with Crippen molar-refractivity contribution in [2.45, 2.75) is 13.5 Å². The second kappa shape index (κ2) is 6.36. The Morgan fingerprint density at radius 1 is 1.42 bits per heavy atom. The van der Waals surface area contributed by atoms with Crippen LogP contribution in [0.1, 0.15) is 16.2 Å². The molecule has 24 heavy (non-hydrogen) atoms. The van der Waals surface area contributed by atoms with Gasteiger partial charge in [0.2, 0.25) is 0 Å². The Labute approximate surface area is 139 Å². The zero-order chi connectivity index (χ0) is 17.3. The number of hydrogen-bond donors (Lipinski definition) is 0. The molecular weight excluding hydrogens is 337 g/mol. The number of aryl methyl sites for hydroxylation is 1. The lowest BCUT2D eigenvalue weighted by molar-refractivity contribution is -0.141. The minimum absolute atomic E-state index is 0.0563. The first-order chi connectivity index (χ1) is 11.5. The molecule has 0 aliphatic heterocycles. The summed E-state index contributed by atoms with van der Waals surface area (Å²) in [5.74, 6) is -1.06. The Hall–Kier alpha value is -2.81. The van der Waals surface area contributed by atoms with Crippen LogP contribution in [-0.4, -0.2) is 28.7 Å². The number of benzene rings is 1. The molecule has 3 aromatic rings. The highest BCUT2D eigenvalue weighted by molar-refractivity contribution is 7.16. The van der Waals surface area contributed by atoms with E-state index in [9.17, 15) is 14.0 Å². The van der Waals surface area contributed by atoms with Crippen molar-refractivity contribution in [3.8, 4) is 0 Å². The van der Waals surface area contributed by atoms with Crippen LogP contribution in [0, 0.1) is 12.7 Å². The van der Waals surface area contributed by atoms with Crippen molar-refractivity contribution in [3.63, 3.8) is 0 Å². The molecule has 0 radical (unpaired) electrons. The normalized spacial score (nSPS) is 11.9. The predicted molar refractivity (Wildman–Crippen MR) is 82.9 cm³/mol. The summed E-state index contributed by atoms with van der Waals surface area (Å²) in [5.41, 5.74) is 0.635. The van der Waals surface area contributed by atoms with Gasteiger partial charge in [0.05, 0.1) is 17.3 Å². The molecule has 0 saturated heterocycles. The highest BCUT2D eigenvalue weighted by atomic mass is 32.1. The van der Waals surface area contributed by atoms with Crippen molar-refractivity contribution in [2.24, 2.45) is 4.99 Å². The number of thiazole rings is 1. The molecule has 0 atom stereocenters. The van der Waals surface area contributed by atoms with E-state index in [4.69, 9.17) is 4.52 Å². The zero-order valence-corrected chi connectivity index (χ0v) is 13.6. The summed E-state index contributed by atoms with van der Waals surface area (Å²) in [4.78, 5) is 28.1. The van der Waals surface area contributed by atoms with Crippen LogP contribution in [0.25, 0.3) is 10.2 Å². The maximum absolute atomic E-state index is 13.4. The van der Waals surface area contributed by atoms with E-state index in [1.165, 1.54) is 35.9 Å². The van der Waals surface area contributed by atoms with E-state index in [1.807, 2.05) is 0 Å². The minimum atomic E-state index is -0.613. The van der Waals surface area contributed by atoms with Crippen LogP contribution < -0.4 is 4.80 Å². The van der Waals surface area contributed by atoms with Crippen LogP contribution in [0.5, 0.6) is 0 Å². The number of halogens is 1. The van der Waals surface area contributed by atoms with E-state index in [0.29, 0.717) is 16.0 Å². The number of methoxy groups -OCH3 is 1. The van der Waals surface area contributed by atoms with Crippen molar-refractivity contribution < 1.29 is 23.2 Å². The second-order valence-corrected chi connectivity index (χ2v) is 5.91. The topological polar surface area (TPSA) is 86.7 Å².